The highest BCUT2D eigenvalue weighted by Crippen LogP contribution is 2.29. The molecule has 0 spiro atoms. The molecule has 0 fully saturated rings. The van der Waals surface area contributed by atoms with Gasteiger partial charge in [0.15, 0.2) is 5.82 Å². The van der Waals surface area contributed by atoms with Gasteiger partial charge >= 0.3 is 0 Å². The number of thioether (sulfide) groups is 1. The van der Waals surface area contributed by atoms with Crippen LogP contribution in [0.1, 0.15) is 11.3 Å². The second-order valence-corrected chi connectivity index (χ2v) is 7.51. The molecule has 0 radical (unpaired) electrons. The number of hydrogen-bond acceptors (Lipinski definition) is 7. The van der Waals surface area contributed by atoms with Gasteiger partial charge in [-0.15, -0.1) is 0 Å². The maximum atomic E-state index is 13.9. The second-order valence-electron chi connectivity index (χ2n) is 6.64. The fourth-order valence-electron chi connectivity index (χ4n) is 2.96. The number of aromatic nitrogens is 4. The van der Waals surface area contributed by atoms with Crippen molar-refractivity contribution in [1.82, 2.24) is 19.9 Å². The molecule has 2 aromatic carbocycles. The van der Waals surface area contributed by atoms with Crippen molar-refractivity contribution in [2.24, 2.45) is 0 Å². The minimum Gasteiger partial charge on any atom is -0.486 e. The lowest BCUT2D eigenvalue weighted by molar-refractivity contribution is 0.301. The number of ether oxygens (including phenoxy) is 1. The Bertz CT molecular complexity index is 1160. The summed E-state index contributed by atoms with van der Waals surface area (Å²) in [5.74, 6) is 1.63. The Balaban J connectivity index is 1.58. The normalized spacial score (nSPS) is 10.6. The highest BCUT2D eigenvalue weighted by Gasteiger charge is 2.13. The molecule has 0 saturated heterocycles. The first-order valence-electron chi connectivity index (χ1n) is 9.58. The van der Waals surface area contributed by atoms with Crippen LogP contribution in [0.15, 0.2) is 73.2 Å². The maximum absolute atomic E-state index is 13.9. The van der Waals surface area contributed by atoms with Crippen LogP contribution in [-0.4, -0.2) is 26.2 Å². The van der Waals surface area contributed by atoms with E-state index < -0.39 is 5.82 Å². The Morgan fingerprint density at radius 3 is 2.77 bits per heavy atom. The molecule has 0 aliphatic heterocycles. The number of halogens is 1. The molecule has 0 saturated carbocycles. The van der Waals surface area contributed by atoms with Gasteiger partial charge in [0.05, 0.1) is 11.3 Å². The Morgan fingerprint density at radius 2 is 1.94 bits per heavy atom. The van der Waals surface area contributed by atoms with Crippen LogP contribution in [0.5, 0.6) is 5.75 Å². The lowest BCUT2D eigenvalue weighted by Gasteiger charge is -2.12. The van der Waals surface area contributed by atoms with Crippen molar-refractivity contribution in [3.8, 4) is 17.1 Å². The van der Waals surface area contributed by atoms with E-state index in [-0.39, 0.29) is 6.61 Å². The zero-order chi connectivity index (χ0) is 21.5. The molecule has 156 valence electrons. The van der Waals surface area contributed by atoms with E-state index in [0.29, 0.717) is 23.1 Å². The number of nitrogens with zero attached hydrogens (tertiary/aromatic N) is 4. The maximum Gasteiger partial charge on any atom is 0.230 e. The van der Waals surface area contributed by atoms with Crippen LogP contribution in [0.4, 0.5) is 16.0 Å². The smallest absolute Gasteiger partial charge is 0.230 e. The zero-order valence-corrected chi connectivity index (χ0v) is 17.6. The molecule has 0 aliphatic carbocycles. The summed E-state index contributed by atoms with van der Waals surface area (Å²) in [5.41, 5.74) is 3.39. The summed E-state index contributed by atoms with van der Waals surface area (Å²) >= 11 is 1.76. The first-order chi connectivity index (χ1) is 15.2. The van der Waals surface area contributed by atoms with E-state index in [2.05, 4.69) is 43.6 Å². The topological polar surface area (TPSA) is 72.8 Å². The highest BCUT2D eigenvalue weighted by molar-refractivity contribution is 7.97. The predicted octanol–water partition coefficient (Wildman–Crippen LogP) is 5.26. The minimum atomic E-state index is -0.405. The van der Waals surface area contributed by atoms with Crippen LogP contribution in [0.3, 0.4) is 0 Å². The number of benzene rings is 2. The Hall–Kier alpha value is -3.52. The summed E-state index contributed by atoms with van der Waals surface area (Å²) in [5, 5.41) is 3.21. The van der Waals surface area contributed by atoms with Crippen LogP contribution < -0.4 is 10.1 Å². The second kappa shape index (κ2) is 9.99. The first kappa shape index (κ1) is 20.7. The van der Waals surface area contributed by atoms with Crippen molar-refractivity contribution in [1.29, 1.82) is 0 Å². The molecule has 8 heteroatoms. The van der Waals surface area contributed by atoms with Crippen molar-refractivity contribution >= 4 is 23.4 Å². The van der Waals surface area contributed by atoms with Gasteiger partial charge in [-0.2, -0.15) is 16.7 Å². The molecular weight excluding hydrogens is 413 g/mol. The molecule has 6 nitrogen and oxygen atoms in total. The summed E-state index contributed by atoms with van der Waals surface area (Å²) in [4.78, 5) is 17.2. The fraction of sp³-hybridized carbons (Fsp3) is 0.130. The van der Waals surface area contributed by atoms with Gasteiger partial charge in [0, 0.05) is 23.7 Å². The molecule has 0 amide bonds. The molecule has 31 heavy (non-hydrogen) atoms. The summed E-state index contributed by atoms with van der Waals surface area (Å²) in [6.07, 6.45) is 5.17. The predicted molar refractivity (Wildman–Crippen MR) is 121 cm³/mol. The third kappa shape index (κ3) is 5.55. The van der Waals surface area contributed by atoms with Crippen LogP contribution in [-0.2, 0) is 12.4 Å². The molecule has 4 rings (SSSR count). The van der Waals surface area contributed by atoms with Crippen LogP contribution in [0, 0.1) is 5.82 Å². The fourth-order valence-corrected chi connectivity index (χ4v) is 3.47. The third-order valence-electron chi connectivity index (χ3n) is 4.35. The van der Waals surface area contributed by atoms with Crippen molar-refractivity contribution < 1.29 is 9.13 Å². The molecule has 0 aliphatic rings. The summed E-state index contributed by atoms with van der Waals surface area (Å²) < 4.78 is 19.7. The van der Waals surface area contributed by atoms with E-state index in [9.17, 15) is 4.39 Å². The molecular formula is C23H20FN5OS. The molecule has 0 bridgehead atoms. The van der Waals surface area contributed by atoms with E-state index in [0.717, 1.165) is 17.1 Å². The van der Waals surface area contributed by atoms with E-state index >= 15 is 0 Å². The molecule has 2 heterocycles. The van der Waals surface area contributed by atoms with Gasteiger partial charge in [-0.3, -0.25) is 4.98 Å². The van der Waals surface area contributed by atoms with Crippen molar-refractivity contribution in [3.05, 3.63) is 90.3 Å². The van der Waals surface area contributed by atoms with Gasteiger partial charge in [-0.1, -0.05) is 18.2 Å². The standard InChI is InChI=1S/C23H20FN5OS/c1-31-14-16-5-4-7-18(11-16)28-23-27-15-26-22(29-23)20-9-8-17(24)12-21(20)30-13-19-6-2-3-10-25-19/h2-12,15H,13-14H2,1H3,(H,26,27,28,29). The summed E-state index contributed by atoms with van der Waals surface area (Å²) in [6.45, 7) is 0.204. The van der Waals surface area contributed by atoms with E-state index in [1.54, 1.807) is 24.0 Å². The molecule has 2 aromatic heterocycles. The first-order valence-corrected chi connectivity index (χ1v) is 11.0. The zero-order valence-electron chi connectivity index (χ0n) is 16.8. The number of anilines is 2. The monoisotopic (exact) mass is 433 g/mol. The van der Waals surface area contributed by atoms with E-state index in [1.165, 1.54) is 24.0 Å². The largest absolute Gasteiger partial charge is 0.486 e. The van der Waals surface area contributed by atoms with Gasteiger partial charge < -0.3 is 10.1 Å². The van der Waals surface area contributed by atoms with Gasteiger partial charge in [-0.25, -0.2) is 14.4 Å². The summed E-state index contributed by atoms with van der Waals surface area (Å²) in [6, 6.07) is 17.9. The van der Waals surface area contributed by atoms with Gasteiger partial charge in [-0.05, 0) is 48.2 Å². The molecule has 4 aromatic rings. The number of pyridine rings is 1. The SMILES string of the molecule is CSCc1cccc(Nc2ncnc(-c3ccc(F)cc3OCc3ccccn3)n2)c1. The quantitative estimate of drug-likeness (QED) is 0.406. The van der Waals surface area contributed by atoms with Gasteiger partial charge in [0.25, 0.3) is 0 Å². The van der Waals surface area contributed by atoms with Crippen LogP contribution >= 0.6 is 11.8 Å². The van der Waals surface area contributed by atoms with Crippen LogP contribution in [0.25, 0.3) is 11.4 Å². The average molecular weight is 434 g/mol. The van der Waals surface area contributed by atoms with E-state index in [4.69, 9.17) is 4.74 Å². The van der Waals surface area contributed by atoms with Gasteiger partial charge in [0.1, 0.15) is 24.5 Å². The molecule has 0 unspecified atom stereocenters. The third-order valence-corrected chi connectivity index (χ3v) is 4.97. The Morgan fingerprint density at radius 1 is 1.00 bits per heavy atom. The number of hydrogen-bond donors (Lipinski definition) is 1. The lowest BCUT2D eigenvalue weighted by atomic mass is 10.2. The van der Waals surface area contributed by atoms with Crippen molar-refractivity contribution in [2.75, 3.05) is 11.6 Å². The van der Waals surface area contributed by atoms with E-state index in [1.807, 2.05) is 30.3 Å². The minimum absolute atomic E-state index is 0.204. The average Bonchev–Trinajstić information content (AvgIpc) is 2.79. The molecule has 0 atom stereocenters. The highest BCUT2D eigenvalue weighted by atomic mass is 32.2. The van der Waals surface area contributed by atoms with Crippen molar-refractivity contribution in [3.63, 3.8) is 0 Å². The van der Waals surface area contributed by atoms with Crippen molar-refractivity contribution in [2.45, 2.75) is 12.4 Å². The molecule has 1 N–H and O–H groups in total. The number of rotatable bonds is 8. The summed E-state index contributed by atoms with van der Waals surface area (Å²) in [7, 11) is 0. The van der Waals surface area contributed by atoms with Crippen LogP contribution in [0.2, 0.25) is 0 Å². The Labute approximate surface area is 184 Å². The van der Waals surface area contributed by atoms with Gasteiger partial charge in [0.2, 0.25) is 5.95 Å². The number of nitrogens with one attached hydrogen (secondary N) is 1. The Kier molecular flexibility index (Phi) is 6.68. The lowest BCUT2D eigenvalue weighted by Crippen LogP contribution is -2.03.